The highest BCUT2D eigenvalue weighted by Gasteiger charge is 2.20. The molecule has 0 atom stereocenters. The Morgan fingerprint density at radius 3 is 2.74 bits per heavy atom. The highest BCUT2D eigenvalue weighted by molar-refractivity contribution is 5.93. The zero-order chi connectivity index (χ0) is 13.8. The van der Waals surface area contributed by atoms with Crippen LogP contribution < -0.4 is 10.7 Å². The van der Waals surface area contributed by atoms with Crippen molar-refractivity contribution in [2.45, 2.75) is 38.7 Å². The number of hydrogen-bond acceptors (Lipinski definition) is 3. The van der Waals surface area contributed by atoms with Crippen molar-refractivity contribution in [3.05, 3.63) is 33.7 Å². The largest absolute Gasteiger partial charge is 0.393 e. The van der Waals surface area contributed by atoms with Gasteiger partial charge in [-0.3, -0.25) is 9.59 Å². The monoisotopic (exact) mass is 264 g/mol. The van der Waals surface area contributed by atoms with Gasteiger partial charge in [-0.1, -0.05) is 0 Å². The number of aromatic amines is 1. The summed E-state index contributed by atoms with van der Waals surface area (Å²) in [6.45, 7) is 2.34. The quantitative estimate of drug-likeness (QED) is 0.760. The van der Waals surface area contributed by atoms with Crippen LogP contribution in [0.2, 0.25) is 0 Å². The molecule has 19 heavy (non-hydrogen) atoms. The van der Waals surface area contributed by atoms with E-state index in [4.69, 9.17) is 0 Å². The normalized spacial score (nSPS) is 23.1. The Hall–Kier alpha value is -1.62. The number of aromatic nitrogens is 1. The number of aliphatic hydroxyl groups excluding tert-OH is 1. The third kappa shape index (κ3) is 3.67. The van der Waals surface area contributed by atoms with Gasteiger partial charge in [0.1, 0.15) is 5.56 Å². The first-order valence-corrected chi connectivity index (χ1v) is 6.72. The Kier molecular flexibility index (Phi) is 4.37. The lowest BCUT2D eigenvalue weighted by molar-refractivity contribution is 0.0909. The van der Waals surface area contributed by atoms with Gasteiger partial charge in [-0.25, -0.2) is 0 Å². The van der Waals surface area contributed by atoms with E-state index < -0.39 is 0 Å². The smallest absolute Gasteiger partial charge is 0.256 e. The van der Waals surface area contributed by atoms with Gasteiger partial charge >= 0.3 is 0 Å². The third-order valence-corrected chi connectivity index (χ3v) is 3.67. The molecule has 1 aliphatic carbocycles. The molecule has 0 unspecified atom stereocenters. The molecule has 1 aromatic rings. The maximum Gasteiger partial charge on any atom is 0.256 e. The third-order valence-electron chi connectivity index (χ3n) is 3.67. The molecule has 5 nitrogen and oxygen atoms in total. The maximum atomic E-state index is 11.9. The van der Waals surface area contributed by atoms with Gasteiger partial charge < -0.3 is 15.4 Å². The lowest BCUT2D eigenvalue weighted by Gasteiger charge is -2.25. The predicted molar refractivity (Wildman–Crippen MR) is 72.1 cm³/mol. The molecule has 1 aliphatic rings. The van der Waals surface area contributed by atoms with E-state index in [-0.39, 0.29) is 23.0 Å². The van der Waals surface area contributed by atoms with Gasteiger partial charge in [-0.05, 0) is 38.5 Å². The van der Waals surface area contributed by atoms with Crippen LogP contribution in [0.4, 0.5) is 0 Å². The van der Waals surface area contributed by atoms with Crippen LogP contribution in [0.3, 0.4) is 0 Å². The van der Waals surface area contributed by atoms with E-state index in [1.165, 1.54) is 12.3 Å². The molecule has 1 fully saturated rings. The van der Waals surface area contributed by atoms with Crippen LogP contribution in [0, 0.1) is 12.8 Å². The second-order valence-electron chi connectivity index (χ2n) is 5.28. The fourth-order valence-electron chi connectivity index (χ4n) is 2.43. The van der Waals surface area contributed by atoms with Gasteiger partial charge in [0.15, 0.2) is 5.43 Å². The topological polar surface area (TPSA) is 82.2 Å². The summed E-state index contributed by atoms with van der Waals surface area (Å²) >= 11 is 0. The summed E-state index contributed by atoms with van der Waals surface area (Å²) in [6.07, 6.45) is 4.71. The van der Waals surface area contributed by atoms with E-state index in [2.05, 4.69) is 10.3 Å². The van der Waals surface area contributed by atoms with Gasteiger partial charge in [0.2, 0.25) is 0 Å². The minimum absolute atomic E-state index is 0.154. The molecule has 0 aliphatic heterocycles. The predicted octanol–water partition coefficient (Wildman–Crippen LogP) is 0.964. The minimum atomic E-state index is -0.327. The van der Waals surface area contributed by atoms with Crippen LogP contribution in [-0.4, -0.2) is 28.6 Å². The van der Waals surface area contributed by atoms with E-state index in [1.807, 2.05) is 0 Å². The Morgan fingerprint density at radius 1 is 1.42 bits per heavy atom. The second kappa shape index (κ2) is 6.02. The molecule has 0 spiro atoms. The lowest BCUT2D eigenvalue weighted by Crippen LogP contribution is -2.34. The van der Waals surface area contributed by atoms with E-state index in [9.17, 15) is 14.7 Å². The SMILES string of the molecule is Cc1cc(=O)c(C(=O)NCC2CCC(O)CC2)c[nH]1. The number of rotatable bonds is 3. The van der Waals surface area contributed by atoms with Crippen LogP contribution in [-0.2, 0) is 0 Å². The Balaban J connectivity index is 1.89. The van der Waals surface area contributed by atoms with Crippen LogP contribution in [0.5, 0.6) is 0 Å². The number of carbonyl (C=O) groups excluding carboxylic acids is 1. The zero-order valence-corrected chi connectivity index (χ0v) is 11.1. The fraction of sp³-hybridized carbons (Fsp3) is 0.571. The average molecular weight is 264 g/mol. The highest BCUT2D eigenvalue weighted by atomic mass is 16.3. The molecular formula is C14H20N2O3. The number of hydrogen-bond donors (Lipinski definition) is 3. The molecule has 1 amide bonds. The average Bonchev–Trinajstić information content (AvgIpc) is 2.37. The molecule has 0 bridgehead atoms. The molecule has 0 radical (unpaired) electrons. The number of carbonyl (C=O) groups is 1. The fourth-order valence-corrected chi connectivity index (χ4v) is 2.43. The summed E-state index contributed by atoms with van der Waals surface area (Å²) in [5.74, 6) is 0.0734. The van der Waals surface area contributed by atoms with Crippen molar-refractivity contribution in [3.63, 3.8) is 0 Å². The number of H-pyrrole nitrogens is 1. The van der Waals surface area contributed by atoms with E-state index in [0.717, 1.165) is 31.4 Å². The maximum absolute atomic E-state index is 11.9. The Morgan fingerprint density at radius 2 is 2.11 bits per heavy atom. The number of aryl methyl sites for hydroxylation is 1. The summed E-state index contributed by atoms with van der Waals surface area (Å²) in [4.78, 5) is 26.4. The molecule has 0 saturated heterocycles. The number of nitrogens with one attached hydrogen (secondary N) is 2. The first-order valence-electron chi connectivity index (χ1n) is 6.72. The van der Waals surface area contributed by atoms with Crippen LogP contribution in [0.25, 0.3) is 0 Å². The molecule has 5 heteroatoms. The summed E-state index contributed by atoms with van der Waals surface area (Å²) < 4.78 is 0. The van der Waals surface area contributed by atoms with Crippen molar-refractivity contribution in [1.29, 1.82) is 0 Å². The standard InChI is InChI=1S/C14H20N2O3/c1-9-6-13(18)12(8-15-9)14(19)16-7-10-2-4-11(17)5-3-10/h6,8,10-11,17H,2-5,7H2,1H3,(H,15,18)(H,16,19). The summed E-state index contributed by atoms with van der Waals surface area (Å²) in [6, 6.07) is 1.42. The van der Waals surface area contributed by atoms with Gasteiger partial charge in [0.25, 0.3) is 5.91 Å². The van der Waals surface area contributed by atoms with Gasteiger partial charge in [0, 0.05) is 24.5 Å². The molecule has 3 N–H and O–H groups in total. The van der Waals surface area contributed by atoms with Gasteiger partial charge in [0.05, 0.1) is 6.10 Å². The van der Waals surface area contributed by atoms with E-state index >= 15 is 0 Å². The van der Waals surface area contributed by atoms with Crippen molar-refractivity contribution < 1.29 is 9.90 Å². The van der Waals surface area contributed by atoms with Crippen molar-refractivity contribution in [1.82, 2.24) is 10.3 Å². The number of aliphatic hydroxyl groups is 1. The molecule has 1 heterocycles. The molecule has 1 saturated carbocycles. The molecule has 2 rings (SSSR count). The zero-order valence-electron chi connectivity index (χ0n) is 11.1. The molecule has 104 valence electrons. The van der Waals surface area contributed by atoms with E-state index in [1.54, 1.807) is 6.92 Å². The van der Waals surface area contributed by atoms with E-state index in [0.29, 0.717) is 12.5 Å². The highest BCUT2D eigenvalue weighted by Crippen LogP contribution is 2.23. The molecule has 0 aromatic carbocycles. The number of pyridine rings is 1. The van der Waals surface area contributed by atoms with Crippen LogP contribution in [0.1, 0.15) is 41.7 Å². The Bertz CT molecular complexity index is 502. The van der Waals surface area contributed by atoms with Crippen molar-refractivity contribution >= 4 is 5.91 Å². The first kappa shape index (κ1) is 13.8. The van der Waals surface area contributed by atoms with Crippen LogP contribution >= 0.6 is 0 Å². The summed E-state index contributed by atoms with van der Waals surface area (Å²) in [5.41, 5.74) is 0.636. The molecule has 1 aromatic heterocycles. The van der Waals surface area contributed by atoms with Crippen molar-refractivity contribution in [2.75, 3.05) is 6.54 Å². The minimum Gasteiger partial charge on any atom is -0.393 e. The van der Waals surface area contributed by atoms with Crippen molar-refractivity contribution in [2.24, 2.45) is 5.92 Å². The Labute approximate surface area is 112 Å². The van der Waals surface area contributed by atoms with Gasteiger partial charge in [-0.15, -0.1) is 0 Å². The van der Waals surface area contributed by atoms with Crippen molar-refractivity contribution in [3.8, 4) is 0 Å². The van der Waals surface area contributed by atoms with Gasteiger partial charge in [-0.2, -0.15) is 0 Å². The first-order chi connectivity index (χ1) is 9.06. The lowest BCUT2D eigenvalue weighted by atomic mass is 9.87. The second-order valence-corrected chi connectivity index (χ2v) is 5.28. The summed E-state index contributed by atoms with van der Waals surface area (Å²) in [5, 5.41) is 12.2. The number of amides is 1. The summed E-state index contributed by atoms with van der Waals surface area (Å²) in [7, 11) is 0. The molecular weight excluding hydrogens is 244 g/mol. The van der Waals surface area contributed by atoms with Crippen LogP contribution in [0.15, 0.2) is 17.1 Å².